The van der Waals surface area contributed by atoms with Crippen LogP contribution in [-0.2, 0) is 6.42 Å². The lowest BCUT2D eigenvalue weighted by Crippen LogP contribution is -2.57. The quantitative estimate of drug-likeness (QED) is 0.807. The fourth-order valence-electron chi connectivity index (χ4n) is 4.01. The van der Waals surface area contributed by atoms with Gasteiger partial charge in [0.25, 0.3) is 5.91 Å². The van der Waals surface area contributed by atoms with Crippen LogP contribution in [0.5, 0.6) is 0 Å². The Balaban J connectivity index is 1.97. The molecule has 1 heterocycles. The molecule has 2 aliphatic rings. The molecule has 0 bridgehead atoms. The number of carbonyl (C=O) groups is 1. The van der Waals surface area contributed by atoms with E-state index in [4.69, 9.17) is 0 Å². The van der Waals surface area contributed by atoms with Crippen LogP contribution in [0.15, 0.2) is 24.3 Å². The van der Waals surface area contributed by atoms with Gasteiger partial charge in [-0.3, -0.25) is 4.79 Å². The predicted octanol–water partition coefficient (Wildman–Crippen LogP) is 4.19. The number of amides is 1. The van der Waals surface area contributed by atoms with Gasteiger partial charge in [0.15, 0.2) is 0 Å². The molecule has 2 nitrogen and oxygen atoms in total. The molecule has 0 aromatic heterocycles. The minimum Gasteiger partial charge on any atom is -0.333 e. The standard InChI is InChI=1S/C18H25NO/c1-2-3-13-19-17(20)16-10-6-5-9-15(16)14-18(19)11-7-4-8-12-18/h5-6,9-10H,2-4,7-8,11-14H2,1H3. The van der Waals surface area contributed by atoms with Crippen LogP contribution in [-0.4, -0.2) is 22.9 Å². The number of carbonyl (C=O) groups excluding carboxylic acids is 1. The van der Waals surface area contributed by atoms with Crippen molar-refractivity contribution >= 4 is 5.91 Å². The summed E-state index contributed by atoms with van der Waals surface area (Å²) in [5.41, 5.74) is 2.34. The van der Waals surface area contributed by atoms with Crippen molar-refractivity contribution in [2.45, 2.75) is 63.8 Å². The fourth-order valence-corrected chi connectivity index (χ4v) is 4.01. The molecule has 1 aliphatic carbocycles. The first kappa shape index (κ1) is 13.7. The zero-order chi connectivity index (χ0) is 14.0. The second-order valence-corrected chi connectivity index (χ2v) is 6.43. The first-order chi connectivity index (χ1) is 9.77. The Morgan fingerprint density at radius 1 is 1.15 bits per heavy atom. The molecule has 1 aromatic rings. The van der Waals surface area contributed by atoms with Crippen molar-refractivity contribution < 1.29 is 4.79 Å². The monoisotopic (exact) mass is 271 g/mol. The Labute approximate surface area is 122 Å². The third-order valence-corrected chi connectivity index (χ3v) is 5.10. The summed E-state index contributed by atoms with van der Waals surface area (Å²) < 4.78 is 0. The lowest BCUT2D eigenvalue weighted by Gasteiger charge is -2.50. The van der Waals surface area contributed by atoms with E-state index in [1.807, 2.05) is 12.1 Å². The number of fused-ring (bicyclic) bond motifs is 1. The van der Waals surface area contributed by atoms with Crippen LogP contribution in [0.25, 0.3) is 0 Å². The molecule has 1 aromatic carbocycles. The highest BCUT2D eigenvalue weighted by atomic mass is 16.2. The van der Waals surface area contributed by atoms with Crippen LogP contribution in [0.4, 0.5) is 0 Å². The highest BCUT2D eigenvalue weighted by Crippen LogP contribution is 2.41. The molecular weight excluding hydrogens is 246 g/mol. The van der Waals surface area contributed by atoms with Crippen molar-refractivity contribution in [1.29, 1.82) is 0 Å². The maximum absolute atomic E-state index is 12.9. The molecule has 1 aliphatic heterocycles. The largest absolute Gasteiger partial charge is 0.333 e. The van der Waals surface area contributed by atoms with Gasteiger partial charge in [-0.15, -0.1) is 0 Å². The van der Waals surface area contributed by atoms with E-state index in [0.717, 1.165) is 31.4 Å². The van der Waals surface area contributed by atoms with Gasteiger partial charge in [-0.2, -0.15) is 0 Å². The van der Waals surface area contributed by atoms with Crippen molar-refractivity contribution in [1.82, 2.24) is 4.90 Å². The minimum atomic E-state index is 0.124. The zero-order valence-corrected chi connectivity index (χ0v) is 12.5. The SMILES string of the molecule is CCCCN1C(=O)c2ccccc2CC12CCCCC2. The maximum atomic E-state index is 12.9. The first-order valence-corrected chi connectivity index (χ1v) is 8.17. The molecule has 20 heavy (non-hydrogen) atoms. The van der Waals surface area contributed by atoms with Gasteiger partial charge in [-0.1, -0.05) is 50.8 Å². The topological polar surface area (TPSA) is 20.3 Å². The number of rotatable bonds is 3. The zero-order valence-electron chi connectivity index (χ0n) is 12.5. The predicted molar refractivity (Wildman–Crippen MR) is 81.9 cm³/mol. The van der Waals surface area contributed by atoms with E-state index in [0.29, 0.717) is 0 Å². The van der Waals surface area contributed by atoms with Crippen LogP contribution in [0.3, 0.4) is 0 Å². The van der Waals surface area contributed by atoms with Gasteiger partial charge in [0.05, 0.1) is 0 Å². The molecule has 1 spiro atoms. The van der Waals surface area contributed by atoms with E-state index in [9.17, 15) is 4.79 Å². The molecule has 0 atom stereocenters. The fraction of sp³-hybridized carbons (Fsp3) is 0.611. The molecule has 0 saturated heterocycles. The first-order valence-electron chi connectivity index (χ1n) is 8.17. The lowest BCUT2D eigenvalue weighted by molar-refractivity contribution is 0.0273. The average molecular weight is 271 g/mol. The summed E-state index contributed by atoms with van der Waals surface area (Å²) in [5.74, 6) is 0.280. The number of unbranched alkanes of at least 4 members (excludes halogenated alkanes) is 1. The highest BCUT2D eigenvalue weighted by Gasteiger charge is 2.44. The van der Waals surface area contributed by atoms with Gasteiger partial charge < -0.3 is 4.90 Å². The van der Waals surface area contributed by atoms with E-state index >= 15 is 0 Å². The number of hydrogen-bond donors (Lipinski definition) is 0. The van der Waals surface area contributed by atoms with Crippen LogP contribution in [0.1, 0.15) is 67.8 Å². The van der Waals surface area contributed by atoms with Crippen molar-refractivity contribution in [2.75, 3.05) is 6.54 Å². The van der Waals surface area contributed by atoms with Gasteiger partial charge in [-0.25, -0.2) is 0 Å². The average Bonchev–Trinajstić information content (AvgIpc) is 2.48. The molecule has 1 amide bonds. The van der Waals surface area contributed by atoms with Gasteiger partial charge in [-0.05, 0) is 37.3 Å². The highest BCUT2D eigenvalue weighted by molar-refractivity contribution is 5.97. The number of nitrogens with zero attached hydrogens (tertiary/aromatic N) is 1. The third-order valence-electron chi connectivity index (χ3n) is 5.10. The summed E-state index contributed by atoms with van der Waals surface area (Å²) in [6.07, 6.45) is 9.61. The molecule has 3 rings (SSSR count). The van der Waals surface area contributed by atoms with Crippen molar-refractivity contribution in [3.8, 4) is 0 Å². The van der Waals surface area contributed by atoms with Crippen LogP contribution in [0.2, 0.25) is 0 Å². The van der Waals surface area contributed by atoms with Crippen molar-refractivity contribution in [3.05, 3.63) is 35.4 Å². The summed E-state index contributed by atoms with van der Waals surface area (Å²) in [6, 6.07) is 8.23. The molecule has 1 saturated carbocycles. The van der Waals surface area contributed by atoms with Crippen molar-refractivity contribution in [2.24, 2.45) is 0 Å². The van der Waals surface area contributed by atoms with E-state index in [-0.39, 0.29) is 11.4 Å². The van der Waals surface area contributed by atoms with E-state index in [1.54, 1.807) is 0 Å². The molecule has 1 fully saturated rings. The normalized spacial score (nSPS) is 21.1. The summed E-state index contributed by atoms with van der Waals surface area (Å²) in [4.78, 5) is 15.2. The van der Waals surface area contributed by atoms with E-state index in [1.165, 1.54) is 37.7 Å². The molecule has 2 heteroatoms. The Morgan fingerprint density at radius 2 is 1.90 bits per heavy atom. The number of hydrogen-bond acceptors (Lipinski definition) is 1. The Kier molecular flexibility index (Phi) is 3.82. The number of benzene rings is 1. The van der Waals surface area contributed by atoms with Crippen LogP contribution in [0, 0.1) is 0 Å². The molecule has 0 unspecified atom stereocenters. The van der Waals surface area contributed by atoms with Crippen molar-refractivity contribution in [3.63, 3.8) is 0 Å². The summed E-state index contributed by atoms with van der Waals surface area (Å²) in [5, 5.41) is 0. The molecular formula is C18H25NO. The minimum absolute atomic E-state index is 0.124. The van der Waals surface area contributed by atoms with E-state index in [2.05, 4.69) is 24.0 Å². The van der Waals surface area contributed by atoms with Gasteiger partial charge in [0, 0.05) is 17.6 Å². The maximum Gasteiger partial charge on any atom is 0.254 e. The van der Waals surface area contributed by atoms with Gasteiger partial charge >= 0.3 is 0 Å². The second-order valence-electron chi connectivity index (χ2n) is 6.43. The Hall–Kier alpha value is -1.31. The molecule has 0 radical (unpaired) electrons. The molecule has 108 valence electrons. The summed E-state index contributed by atoms with van der Waals surface area (Å²) in [6.45, 7) is 3.14. The molecule has 0 N–H and O–H groups in total. The van der Waals surface area contributed by atoms with E-state index < -0.39 is 0 Å². The smallest absolute Gasteiger partial charge is 0.254 e. The third kappa shape index (κ3) is 2.25. The van der Waals surface area contributed by atoms with Crippen LogP contribution < -0.4 is 0 Å². The van der Waals surface area contributed by atoms with Crippen LogP contribution >= 0.6 is 0 Å². The van der Waals surface area contributed by atoms with Gasteiger partial charge in [0.1, 0.15) is 0 Å². The Morgan fingerprint density at radius 3 is 2.65 bits per heavy atom. The summed E-state index contributed by atoms with van der Waals surface area (Å²) in [7, 11) is 0. The second kappa shape index (κ2) is 5.59. The summed E-state index contributed by atoms with van der Waals surface area (Å²) >= 11 is 0. The van der Waals surface area contributed by atoms with Gasteiger partial charge in [0.2, 0.25) is 0 Å². The Bertz CT molecular complexity index is 488. The lowest BCUT2D eigenvalue weighted by atomic mass is 9.72.